The van der Waals surface area contributed by atoms with E-state index in [-0.39, 0.29) is 18.1 Å². The first-order valence-electron chi connectivity index (χ1n) is 7.42. The van der Waals surface area contributed by atoms with Crippen molar-refractivity contribution in [1.29, 1.82) is 0 Å². The molecular weight excluding hydrogens is 286 g/mol. The van der Waals surface area contributed by atoms with Crippen LogP contribution in [-0.4, -0.2) is 32.9 Å². The molecular formula is C16H27NO3S. The van der Waals surface area contributed by atoms with Crippen LogP contribution in [0.25, 0.3) is 0 Å². The number of benzene rings is 1. The molecule has 0 aromatic heterocycles. The van der Waals surface area contributed by atoms with Gasteiger partial charge in [-0.1, -0.05) is 26.0 Å². The van der Waals surface area contributed by atoms with Gasteiger partial charge in [-0.05, 0) is 37.5 Å². The largest absolute Gasteiger partial charge is 0.396 e. The predicted octanol–water partition coefficient (Wildman–Crippen LogP) is 2.54. The minimum atomic E-state index is -3.15. The molecule has 0 bridgehead atoms. The van der Waals surface area contributed by atoms with Crippen LogP contribution in [-0.2, 0) is 9.84 Å². The van der Waals surface area contributed by atoms with E-state index < -0.39 is 9.84 Å². The Morgan fingerprint density at radius 2 is 1.71 bits per heavy atom. The van der Waals surface area contributed by atoms with Crippen molar-refractivity contribution in [3.05, 3.63) is 29.8 Å². The Morgan fingerprint density at radius 1 is 1.19 bits per heavy atom. The van der Waals surface area contributed by atoms with E-state index in [9.17, 15) is 13.5 Å². The van der Waals surface area contributed by atoms with Crippen molar-refractivity contribution in [2.75, 3.05) is 19.4 Å². The van der Waals surface area contributed by atoms with Crippen molar-refractivity contribution >= 4 is 9.84 Å². The van der Waals surface area contributed by atoms with Crippen molar-refractivity contribution in [2.45, 2.75) is 44.6 Å². The van der Waals surface area contributed by atoms with Crippen LogP contribution in [0, 0.1) is 5.41 Å². The second-order valence-corrected chi connectivity index (χ2v) is 7.82. The van der Waals surface area contributed by atoms with Gasteiger partial charge in [0.15, 0.2) is 9.84 Å². The first-order chi connectivity index (χ1) is 9.78. The number of hydrogen-bond acceptors (Lipinski definition) is 4. The fourth-order valence-corrected chi connectivity index (χ4v) is 2.90. The van der Waals surface area contributed by atoms with Gasteiger partial charge in [-0.2, -0.15) is 0 Å². The molecule has 120 valence electrons. The maximum Gasteiger partial charge on any atom is 0.175 e. The molecule has 0 aliphatic carbocycles. The number of sulfone groups is 1. The average Bonchev–Trinajstić information content (AvgIpc) is 2.48. The fourth-order valence-electron chi connectivity index (χ4n) is 2.27. The van der Waals surface area contributed by atoms with E-state index in [1.165, 1.54) is 6.26 Å². The Morgan fingerprint density at radius 3 is 2.10 bits per heavy atom. The van der Waals surface area contributed by atoms with E-state index in [0.29, 0.717) is 4.90 Å². The van der Waals surface area contributed by atoms with Crippen LogP contribution in [0.3, 0.4) is 0 Å². The molecule has 0 spiro atoms. The fraction of sp³-hybridized carbons (Fsp3) is 0.625. The second kappa shape index (κ2) is 7.38. The van der Waals surface area contributed by atoms with Crippen LogP contribution in [0.2, 0.25) is 0 Å². The Labute approximate surface area is 128 Å². The lowest BCUT2D eigenvalue weighted by molar-refractivity contribution is 0.110. The first-order valence-corrected chi connectivity index (χ1v) is 9.31. The Hall–Kier alpha value is -0.910. The Bertz CT molecular complexity index is 525. The summed E-state index contributed by atoms with van der Waals surface area (Å²) in [6.45, 7) is 7.14. The summed E-state index contributed by atoms with van der Waals surface area (Å²) >= 11 is 0. The molecule has 5 heteroatoms. The highest BCUT2D eigenvalue weighted by Gasteiger charge is 2.25. The van der Waals surface area contributed by atoms with Gasteiger partial charge >= 0.3 is 0 Å². The number of nitrogens with one attached hydrogen (secondary N) is 1. The smallest absolute Gasteiger partial charge is 0.175 e. The molecule has 0 saturated heterocycles. The summed E-state index contributed by atoms with van der Waals surface area (Å²) in [5, 5.41) is 13.0. The monoisotopic (exact) mass is 313 g/mol. The van der Waals surface area contributed by atoms with Crippen molar-refractivity contribution < 1.29 is 13.5 Å². The molecule has 0 aliphatic rings. The van der Waals surface area contributed by atoms with Crippen LogP contribution in [0.15, 0.2) is 29.2 Å². The van der Waals surface area contributed by atoms with Gasteiger partial charge in [0, 0.05) is 30.9 Å². The molecule has 0 heterocycles. The predicted molar refractivity (Wildman–Crippen MR) is 86.1 cm³/mol. The third-order valence-electron chi connectivity index (χ3n) is 4.43. The van der Waals surface area contributed by atoms with E-state index in [0.717, 1.165) is 24.9 Å². The quantitative estimate of drug-likeness (QED) is 0.774. The lowest BCUT2D eigenvalue weighted by Crippen LogP contribution is -2.37. The number of rotatable bonds is 8. The highest BCUT2D eigenvalue weighted by Crippen LogP contribution is 2.26. The summed E-state index contributed by atoms with van der Waals surface area (Å²) in [4.78, 5) is 0.338. The van der Waals surface area contributed by atoms with E-state index >= 15 is 0 Å². The Kier molecular flexibility index (Phi) is 6.38. The van der Waals surface area contributed by atoms with Crippen molar-refractivity contribution in [3.8, 4) is 0 Å². The summed E-state index contributed by atoms with van der Waals surface area (Å²) in [5.41, 5.74) is 0.961. The van der Waals surface area contributed by atoms with E-state index in [2.05, 4.69) is 19.2 Å². The minimum absolute atomic E-state index is 0.0824. The SMILES string of the molecule is CCC(CC)(CO)CNC(C)c1ccc(S(C)(=O)=O)cc1. The lowest BCUT2D eigenvalue weighted by atomic mass is 9.83. The summed E-state index contributed by atoms with van der Waals surface area (Å²) in [6.07, 6.45) is 3.06. The molecule has 0 aliphatic heterocycles. The molecule has 0 saturated carbocycles. The third kappa shape index (κ3) is 4.80. The van der Waals surface area contributed by atoms with Gasteiger partial charge in [0.2, 0.25) is 0 Å². The number of aliphatic hydroxyl groups is 1. The van der Waals surface area contributed by atoms with Gasteiger partial charge in [0.05, 0.1) is 4.90 Å². The van der Waals surface area contributed by atoms with Gasteiger partial charge in [-0.25, -0.2) is 8.42 Å². The van der Waals surface area contributed by atoms with Gasteiger partial charge in [0.25, 0.3) is 0 Å². The van der Waals surface area contributed by atoms with Gasteiger partial charge in [-0.3, -0.25) is 0 Å². The maximum atomic E-state index is 11.4. The lowest BCUT2D eigenvalue weighted by Gasteiger charge is -2.31. The molecule has 1 unspecified atom stereocenters. The standard InChI is InChI=1S/C16H27NO3S/c1-5-16(6-2,12-18)11-17-13(3)14-7-9-15(10-8-14)21(4,19)20/h7-10,13,17-18H,5-6,11-12H2,1-4H3. The molecule has 0 radical (unpaired) electrons. The second-order valence-electron chi connectivity index (χ2n) is 5.81. The molecule has 1 rings (SSSR count). The summed E-state index contributed by atoms with van der Waals surface area (Å²) in [7, 11) is -3.15. The zero-order valence-electron chi connectivity index (χ0n) is 13.4. The van der Waals surface area contributed by atoms with Gasteiger partial charge in [-0.15, -0.1) is 0 Å². The van der Waals surface area contributed by atoms with E-state index in [1.54, 1.807) is 12.1 Å². The molecule has 1 aromatic rings. The van der Waals surface area contributed by atoms with E-state index in [1.807, 2.05) is 19.1 Å². The maximum absolute atomic E-state index is 11.4. The molecule has 0 amide bonds. The molecule has 21 heavy (non-hydrogen) atoms. The average molecular weight is 313 g/mol. The van der Waals surface area contributed by atoms with Gasteiger partial charge < -0.3 is 10.4 Å². The van der Waals surface area contributed by atoms with Crippen LogP contribution >= 0.6 is 0 Å². The molecule has 1 atom stereocenters. The van der Waals surface area contributed by atoms with Crippen molar-refractivity contribution in [2.24, 2.45) is 5.41 Å². The number of hydrogen-bond donors (Lipinski definition) is 2. The van der Waals surface area contributed by atoms with Crippen molar-refractivity contribution in [3.63, 3.8) is 0 Å². The van der Waals surface area contributed by atoms with Crippen LogP contribution in [0.4, 0.5) is 0 Å². The first kappa shape index (κ1) is 18.1. The van der Waals surface area contributed by atoms with Crippen molar-refractivity contribution in [1.82, 2.24) is 5.32 Å². The molecule has 2 N–H and O–H groups in total. The summed E-state index contributed by atoms with van der Waals surface area (Å²) in [6, 6.07) is 7.07. The number of aliphatic hydroxyl groups excluding tert-OH is 1. The minimum Gasteiger partial charge on any atom is -0.396 e. The topological polar surface area (TPSA) is 66.4 Å². The normalized spacial score (nSPS) is 14.1. The zero-order chi connectivity index (χ0) is 16.1. The zero-order valence-corrected chi connectivity index (χ0v) is 14.2. The molecule has 4 nitrogen and oxygen atoms in total. The molecule has 1 aromatic carbocycles. The van der Waals surface area contributed by atoms with Crippen LogP contribution in [0.5, 0.6) is 0 Å². The van der Waals surface area contributed by atoms with E-state index in [4.69, 9.17) is 0 Å². The summed E-state index contributed by atoms with van der Waals surface area (Å²) < 4.78 is 22.9. The highest BCUT2D eigenvalue weighted by atomic mass is 32.2. The molecule has 0 fully saturated rings. The van der Waals surface area contributed by atoms with Crippen LogP contribution in [0.1, 0.15) is 45.2 Å². The Balaban J connectivity index is 2.74. The van der Waals surface area contributed by atoms with Gasteiger partial charge in [0.1, 0.15) is 0 Å². The summed E-state index contributed by atoms with van der Waals surface area (Å²) in [5.74, 6) is 0. The highest BCUT2D eigenvalue weighted by molar-refractivity contribution is 7.90. The third-order valence-corrected chi connectivity index (χ3v) is 5.56. The van der Waals surface area contributed by atoms with Crippen LogP contribution < -0.4 is 5.32 Å².